The molecule has 35 heavy (non-hydrogen) atoms. The molecule has 6 heteroatoms. The normalized spacial score (nSPS) is 22.9. The van der Waals surface area contributed by atoms with Gasteiger partial charge in [0, 0.05) is 19.6 Å². The van der Waals surface area contributed by atoms with E-state index in [2.05, 4.69) is 53.8 Å². The third-order valence-electron chi connectivity index (χ3n) is 7.31. The summed E-state index contributed by atoms with van der Waals surface area (Å²) in [5.41, 5.74) is 9.66. The van der Waals surface area contributed by atoms with Crippen LogP contribution in [0.25, 0.3) is 5.57 Å². The molecule has 2 aliphatic heterocycles. The number of rotatable bonds is 8. The van der Waals surface area contributed by atoms with Gasteiger partial charge >= 0.3 is 0 Å². The molecule has 2 fully saturated rings. The summed E-state index contributed by atoms with van der Waals surface area (Å²) < 4.78 is 5.99. The predicted octanol–water partition coefficient (Wildman–Crippen LogP) is 4.13. The number of nitrogens with zero attached hydrogens (tertiary/aromatic N) is 1. The summed E-state index contributed by atoms with van der Waals surface area (Å²) >= 11 is 0. The first-order valence-corrected chi connectivity index (χ1v) is 13.1. The Morgan fingerprint density at radius 2 is 1.91 bits per heavy atom. The van der Waals surface area contributed by atoms with E-state index in [9.17, 15) is 4.79 Å². The highest BCUT2D eigenvalue weighted by molar-refractivity contribution is 6.09. The van der Waals surface area contributed by atoms with E-state index in [0.717, 1.165) is 68.0 Å². The van der Waals surface area contributed by atoms with Crippen molar-refractivity contribution in [1.29, 1.82) is 0 Å². The van der Waals surface area contributed by atoms with Crippen LogP contribution in [0, 0.1) is 5.92 Å². The van der Waals surface area contributed by atoms with Gasteiger partial charge in [0.2, 0.25) is 0 Å². The molecule has 0 unspecified atom stereocenters. The Hall–Kier alpha value is -2.99. The minimum atomic E-state index is -0.402. The van der Waals surface area contributed by atoms with Crippen LogP contribution in [-0.4, -0.2) is 50.1 Å². The van der Waals surface area contributed by atoms with Crippen molar-refractivity contribution in [3.8, 4) is 5.75 Å². The average Bonchev–Trinajstić information content (AvgIpc) is 2.89. The van der Waals surface area contributed by atoms with E-state index < -0.39 is 5.91 Å². The molecule has 1 aromatic rings. The molecule has 1 aromatic carbocycles. The molecule has 0 aromatic heterocycles. The molecule has 4 N–H and O–H groups in total. The number of nitrogens with two attached hydrogens (primary N) is 1. The van der Waals surface area contributed by atoms with E-state index in [1.807, 2.05) is 24.3 Å². The molecule has 2 saturated heterocycles. The molecule has 1 atom stereocenters. The first-order valence-electron chi connectivity index (χ1n) is 13.1. The predicted molar refractivity (Wildman–Crippen MR) is 143 cm³/mol. The van der Waals surface area contributed by atoms with Gasteiger partial charge < -0.3 is 26.0 Å². The Labute approximate surface area is 210 Å². The largest absolute Gasteiger partial charge is 0.489 e. The summed E-state index contributed by atoms with van der Waals surface area (Å²) in [6.45, 7) is 5.63. The van der Waals surface area contributed by atoms with Crippen molar-refractivity contribution in [3.63, 3.8) is 0 Å². The number of ether oxygens (including phenoxy) is 1. The van der Waals surface area contributed by atoms with Gasteiger partial charge in [-0.2, -0.15) is 0 Å². The zero-order chi connectivity index (χ0) is 24.6. The Balaban J connectivity index is 1.58. The van der Waals surface area contributed by atoms with Gasteiger partial charge in [-0.3, -0.25) is 4.79 Å². The molecular weight excluding hydrogens is 436 g/mol. The number of nitrogens with one attached hydrogen (secondary N) is 2. The number of carbonyl (C=O) groups is 1. The summed E-state index contributed by atoms with van der Waals surface area (Å²) in [6.07, 6.45) is 15.0. The topological polar surface area (TPSA) is 79.6 Å². The molecule has 6 nitrogen and oxygen atoms in total. The number of allylic oxidation sites excluding steroid dienone is 3. The van der Waals surface area contributed by atoms with E-state index in [0.29, 0.717) is 24.1 Å². The minimum Gasteiger partial charge on any atom is -0.489 e. The standard InChI is InChI=1S/C29H40N4O2/c1-3-7-25(22-10-12-24(13-11-22)35-20-21-8-5-4-6-9-21)27(28(30)34)29-32-19-16-26(33(29)2)23-14-17-31-18-15-23/h5,7-13,23,26,31-32H,3-4,6,14-20H2,1-2H3,(H2,30,34)/b25-7+,29-27+/t26-/m0/s1. The molecule has 1 aliphatic carbocycles. The summed E-state index contributed by atoms with van der Waals surface area (Å²) in [5, 5.41) is 6.97. The van der Waals surface area contributed by atoms with Crippen LogP contribution in [0.1, 0.15) is 51.0 Å². The fraction of sp³-hybridized carbons (Fsp3) is 0.483. The van der Waals surface area contributed by atoms with E-state index >= 15 is 0 Å². The Morgan fingerprint density at radius 1 is 1.14 bits per heavy atom. The number of amides is 1. The van der Waals surface area contributed by atoms with Crippen LogP contribution in [0.15, 0.2) is 65.5 Å². The Bertz CT molecular complexity index is 1000. The number of primary amides is 1. The Morgan fingerprint density at radius 3 is 2.57 bits per heavy atom. The van der Waals surface area contributed by atoms with E-state index in [1.165, 1.54) is 18.4 Å². The maximum absolute atomic E-state index is 12.9. The van der Waals surface area contributed by atoms with Crippen LogP contribution in [0.4, 0.5) is 0 Å². The van der Waals surface area contributed by atoms with Gasteiger partial charge in [0.25, 0.3) is 5.91 Å². The summed E-state index contributed by atoms with van der Waals surface area (Å²) in [7, 11) is 2.10. The quantitative estimate of drug-likeness (QED) is 0.492. The maximum atomic E-state index is 12.9. The van der Waals surface area contributed by atoms with Gasteiger partial charge in [0.15, 0.2) is 0 Å². The van der Waals surface area contributed by atoms with E-state index in [-0.39, 0.29) is 0 Å². The molecule has 0 spiro atoms. The highest BCUT2D eigenvalue weighted by Gasteiger charge is 2.33. The monoisotopic (exact) mass is 476 g/mol. The molecule has 1 amide bonds. The minimum absolute atomic E-state index is 0.402. The third kappa shape index (κ3) is 6.17. The lowest BCUT2D eigenvalue weighted by molar-refractivity contribution is -0.114. The number of benzene rings is 1. The second-order valence-corrected chi connectivity index (χ2v) is 9.67. The van der Waals surface area contributed by atoms with E-state index in [1.54, 1.807) is 0 Å². The highest BCUT2D eigenvalue weighted by atomic mass is 16.5. The van der Waals surface area contributed by atoms with Crippen LogP contribution in [0.3, 0.4) is 0 Å². The van der Waals surface area contributed by atoms with Crippen LogP contribution < -0.4 is 21.1 Å². The zero-order valence-corrected chi connectivity index (χ0v) is 21.2. The summed E-state index contributed by atoms with van der Waals surface area (Å²) in [4.78, 5) is 15.1. The number of piperidine rings is 1. The van der Waals surface area contributed by atoms with Crippen LogP contribution in [0.5, 0.6) is 5.75 Å². The van der Waals surface area contributed by atoms with Gasteiger partial charge in [-0.1, -0.05) is 43.4 Å². The molecule has 188 valence electrons. The van der Waals surface area contributed by atoms with Crippen molar-refractivity contribution in [1.82, 2.24) is 15.5 Å². The first kappa shape index (κ1) is 25.1. The van der Waals surface area contributed by atoms with Gasteiger partial charge in [0.1, 0.15) is 18.2 Å². The molecule has 3 aliphatic rings. The smallest absolute Gasteiger partial charge is 0.252 e. The highest BCUT2D eigenvalue weighted by Crippen LogP contribution is 2.33. The molecule has 0 saturated carbocycles. The van der Waals surface area contributed by atoms with Gasteiger partial charge in [-0.15, -0.1) is 0 Å². The lowest BCUT2D eigenvalue weighted by Crippen LogP contribution is -2.51. The Kier molecular flexibility index (Phi) is 8.69. The first-order chi connectivity index (χ1) is 17.1. The summed E-state index contributed by atoms with van der Waals surface area (Å²) in [5.74, 6) is 1.89. The van der Waals surface area contributed by atoms with Crippen molar-refractivity contribution < 1.29 is 9.53 Å². The fourth-order valence-corrected chi connectivity index (χ4v) is 5.49. The molecule has 2 heterocycles. The fourth-order valence-electron chi connectivity index (χ4n) is 5.49. The van der Waals surface area contributed by atoms with Crippen LogP contribution in [0.2, 0.25) is 0 Å². The average molecular weight is 477 g/mol. The lowest BCUT2D eigenvalue weighted by Gasteiger charge is -2.43. The maximum Gasteiger partial charge on any atom is 0.252 e. The number of hydrogen-bond donors (Lipinski definition) is 3. The molecular formula is C29H40N4O2. The lowest BCUT2D eigenvalue weighted by atomic mass is 9.85. The van der Waals surface area contributed by atoms with Crippen molar-refractivity contribution >= 4 is 11.5 Å². The number of hydrogen-bond acceptors (Lipinski definition) is 5. The molecule has 0 bridgehead atoms. The third-order valence-corrected chi connectivity index (χ3v) is 7.31. The molecule has 0 radical (unpaired) electrons. The van der Waals surface area contributed by atoms with E-state index in [4.69, 9.17) is 10.5 Å². The van der Waals surface area contributed by atoms with Gasteiger partial charge in [-0.25, -0.2) is 0 Å². The van der Waals surface area contributed by atoms with Crippen molar-refractivity contribution in [2.75, 3.05) is 33.3 Å². The SMILES string of the molecule is CC/C=C(/C(C(N)=O)=C1/NCC[C@@H](C2CCNCC2)N1C)c1ccc(OCC2=CCCC=C2)cc1. The van der Waals surface area contributed by atoms with Crippen LogP contribution >= 0.6 is 0 Å². The summed E-state index contributed by atoms with van der Waals surface area (Å²) in [6, 6.07) is 8.41. The van der Waals surface area contributed by atoms with Gasteiger partial charge in [0.05, 0.1) is 5.57 Å². The van der Waals surface area contributed by atoms with Crippen LogP contribution in [-0.2, 0) is 4.79 Å². The van der Waals surface area contributed by atoms with Crippen molar-refractivity contribution in [3.05, 3.63) is 71.1 Å². The van der Waals surface area contributed by atoms with Crippen molar-refractivity contribution in [2.45, 2.75) is 51.5 Å². The van der Waals surface area contributed by atoms with Gasteiger partial charge in [-0.05, 0) is 86.4 Å². The van der Waals surface area contributed by atoms with Crippen molar-refractivity contribution in [2.24, 2.45) is 11.7 Å². The molecule has 4 rings (SSSR count). The second kappa shape index (κ2) is 12.1. The second-order valence-electron chi connectivity index (χ2n) is 9.67. The number of carbonyl (C=O) groups excluding carboxylic acids is 1. The zero-order valence-electron chi connectivity index (χ0n) is 21.2.